The van der Waals surface area contributed by atoms with E-state index < -0.39 is 18.1 Å². The first-order chi connectivity index (χ1) is 29.9. The molecule has 2 aliphatic heterocycles. The van der Waals surface area contributed by atoms with E-state index in [1.807, 2.05) is 70.5 Å². The van der Waals surface area contributed by atoms with E-state index in [1.165, 1.54) is 36.4 Å². The fourth-order valence-electron chi connectivity index (χ4n) is 6.42. The molecule has 2 aliphatic rings. The molecule has 2 fully saturated rings. The van der Waals surface area contributed by atoms with E-state index in [0.29, 0.717) is 75.9 Å². The van der Waals surface area contributed by atoms with E-state index in [1.54, 1.807) is 12.1 Å². The summed E-state index contributed by atoms with van der Waals surface area (Å²) in [4.78, 5) is 30.9. The van der Waals surface area contributed by atoms with Crippen molar-refractivity contribution in [2.75, 3.05) is 83.7 Å². The molecule has 0 aliphatic carbocycles. The summed E-state index contributed by atoms with van der Waals surface area (Å²) in [5, 5.41) is 12.5. The SMILES string of the molecule is O=S(=O)(Cl)c1cc(Nc2nc(Nc3ccccc3)nc(N3CCOCC3)n2)ccc1/C=C/c1ccc(Nc2nc(Nc3ccccc3)nc(N3CCOCC3)n2)cc1S(=O)(=O)Cl. The Morgan fingerprint density at radius 3 is 1.15 bits per heavy atom. The zero-order chi connectivity index (χ0) is 43.1. The lowest BCUT2D eigenvalue weighted by Crippen LogP contribution is -2.37. The number of halogens is 2. The van der Waals surface area contributed by atoms with Gasteiger partial charge in [0.05, 0.1) is 36.2 Å². The summed E-state index contributed by atoms with van der Waals surface area (Å²) in [5.41, 5.74) is 2.46. The summed E-state index contributed by atoms with van der Waals surface area (Å²) in [5.74, 6) is 1.62. The van der Waals surface area contributed by atoms with E-state index in [9.17, 15) is 16.8 Å². The van der Waals surface area contributed by atoms with Crippen molar-refractivity contribution in [2.45, 2.75) is 9.79 Å². The van der Waals surface area contributed by atoms with E-state index in [-0.39, 0.29) is 44.7 Å². The summed E-state index contributed by atoms with van der Waals surface area (Å²) in [6, 6.07) is 27.7. The normalized spacial score (nSPS) is 14.7. The van der Waals surface area contributed by atoms with Crippen molar-refractivity contribution in [3.8, 4) is 0 Å². The molecule has 22 heteroatoms. The lowest BCUT2D eigenvalue weighted by atomic mass is 10.1. The Labute approximate surface area is 366 Å². The first kappa shape index (κ1) is 42.5. The molecule has 8 rings (SSSR count). The highest BCUT2D eigenvalue weighted by Gasteiger charge is 2.22. The Bertz CT molecular complexity index is 2610. The molecule has 2 saturated heterocycles. The van der Waals surface area contributed by atoms with E-state index in [0.717, 1.165) is 11.4 Å². The van der Waals surface area contributed by atoms with Crippen LogP contribution in [0.15, 0.2) is 107 Å². The molecule has 0 bridgehead atoms. The molecular weight excluding hydrogens is 880 g/mol. The third-order valence-corrected chi connectivity index (χ3v) is 12.2. The van der Waals surface area contributed by atoms with Gasteiger partial charge in [-0.25, -0.2) is 16.8 Å². The highest BCUT2D eigenvalue weighted by atomic mass is 35.7. The molecule has 0 amide bonds. The predicted molar refractivity (Wildman–Crippen MR) is 240 cm³/mol. The number of rotatable bonds is 14. The number of hydrogen-bond donors (Lipinski definition) is 4. The van der Waals surface area contributed by atoms with Gasteiger partial charge in [-0.3, -0.25) is 0 Å². The summed E-state index contributed by atoms with van der Waals surface area (Å²) in [7, 11) is 3.26. The highest BCUT2D eigenvalue weighted by Crippen LogP contribution is 2.31. The fraction of sp³-hybridized carbons (Fsp3) is 0.200. The van der Waals surface area contributed by atoms with Gasteiger partial charge in [0, 0.05) is 70.3 Å². The monoisotopic (exact) mass is 916 g/mol. The number of aromatic nitrogens is 6. The maximum atomic E-state index is 13.0. The summed E-state index contributed by atoms with van der Waals surface area (Å²) >= 11 is 0. The average molecular weight is 918 g/mol. The number of nitrogens with one attached hydrogen (secondary N) is 4. The minimum absolute atomic E-state index is 0.143. The van der Waals surface area contributed by atoms with Crippen LogP contribution in [0.25, 0.3) is 12.2 Å². The largest absolute Gasteiger partial charge is 0.378 e. The van der Waals surface area contributed by atoms with Crippen LogP contribution in [0.1, 0.15) is 11.1 Å². The maximum absolute atomic E-state index is 13.0. The topological polar surface area (TPSA) is 219 Å². The Kier molecular flexibility index (Phi) is 12.9. The van der Waals surface area contributed by atoms with Gasteiger partial charge in [0.1, 0.15) is 0 Å². The van der Waals surface area contributed by atoms with Crippen LogP contribution in [-0.2, 0) is 27.6 Å². The van der Waals surface area contributed by atoms with Gasteiger partial charge in [-0.15, -0.1) is 0 Å². The lowest BCUT2D eigenvalue weighted by Gasteiger charge is -2.27. The van der Waals surface area contributed by atoms with Gasteiger partial charge in [-0.2, -0.15) is 29.9 Å². The van der Waals surface area contributed by atoms with Crippen molar-refractivity contribution >= 4 is 110 Å². The Balaban J connectivity index is 1.06. The molecule has 2 aromatic heterocycles. The lowest BCUT2D eigenvalue weighted by molar-refractivity contribution is 0.122. The number of benzene rings is 4. The minimum Gasteiger partial charge on any atom is -0.378 e. The van der Waals surface area contributed by atoms with Crippen molar-refractivity contribution < 1.29 is 26.3 Å². The van der Waals surface area contributed by atoms with Crippen molar-refractivity contribution in [3.05, 3.63) is 108 Å². The number of hydrogen-bond acceptors (Lipinski definition) is 18. The molecule has 0 spiro atoms. The first-order valence-electron chi connectivity index (χ1n) is 19.1. The number of ether oxygens (including phenoxy) is 2. The van der Waals surface area contributed by atoms with Crippen LogP contribution in [-0.4, -0.2) is 99.3 Å². The smallest absolute Gasteiger partial charge is 0.261 e. The third kappa shape index (κ3) is 11.0. The molecule has 4 aromatic carbocycles. The maximum Gasteiger partial charge on any atom is 0.261 e. The zero-order valence-electron chi connectivity index (χ0n) is 32.6. The van der Waals surface area contributed by atoms with Crippen molar-refractivity contribution in [2.24, 2.45) is 0 Å². The van der Waals surface area contributed by atoms with Crippen molar-refractivity contribution in [1.82, 2.24) is 29.9 Å². The Hall–Kier alpha value is -6.16. The third-order valence-electron chi connectivity index (χ3n) is 9.40. The van der Waals surface area contributed by atoms with Gasteiger partial charge < -0.3 is 40.5 Å². The van der Waals surface area contributed by atoms with Crippen LogP contribution in [0.3, 0.4) is 0 Å². The number of anilines is 10. The second kappa shape index (κ2) is 18.8. The van der Waals surface area contributed by atoms with Gasteiger partial charge in [0.15, 0.2) is 0 Å². The van der Waals surface area contributed by atoms with Crippen molar-refractivity contribution in [3.63, 3.8) is 0 Å². The highest BCUT2D eigenvalue weighted by molar-refractivity contribution is 8.14. The molecule has 6 aromatic rings. The second-order valence-electron chi connectivity index (χ2n) is 13.7. The average Bonchev–Trinajstić information content (AvgIpc) is 3.27. The predicted octanol–water partition coefficient (Wildman–Crippen LogP) is 6.73. The van der Waals surface area contributed by atoms with Gasteiger partial charge in [-0.1, -0.05) is 60.7 Å². The zero-order valence-corrected chi connectivity index (χ0v) is 35.8. The Morgan fingerprint density at radius 2 is 0.806 bits per heavy atom. The molecule has 18 nitrogen and oxygen atoms in total. The number of nitrogens with zero attached hydrogens (tertiary/aromatic N) is 8. The van der Waals surface area contributed by atoms with E-state index >= 15 is 0 Å². The molecule has 0 saturated carbocycles. The standard InChI is InChI=1S/C40H38Cl2N12O6S2/c41-61(55,56)33-25-31(45-37-47-35(43-29-7-3-1-4-8-29)49-39(51-37)53-17-21-59-22-18-53)15-13-27(33)11-12-28-14-16-32(26-34(28)62(42,57)58)46-38-48-36(44-30-9-5-2-6-10-30)50-40(52-38)54-19-23-60-24-20-54/h1-16,25-26H,17-24H2,(H2,43,45,47,49,51)(H2,44,46,48,50,52)/b12-11+. The van der Waals surface area contributed by atoms with Crippen LogP contribution < -0.4 is 31.1 Å². The number of morpholine rings is 2. The van der Waals surface area contributed by atoms with E-state index in [2.05, 4.69) is 51.2 Å². The van der Waals surface area contributed by atoms with Gasteiger partial charge in [0.25, 0.3) is 18.1 Å². The molecular formula is C40H38Cl2N12O6S2. The van der Waals surface area contributed by atoms with Crippen molar-refractivity contribution in [1.29, 1.82) is 0 Å². The summed E-state index contributed by atoms with van der Waals surface area (Å²) in [6.07, 6.45) is 2.85. The summed E-state index contributed by atoms with van der Waals surface area (Å²) < 4.78 is 62.8. The van der Waals surface area contributed by atoms with Gasteiger partial charge in [0.2, 0.25) is 35.7 Å². The molecule has 4 heterocycles. The molecule has 0 unspecified atom stereocenters. The van der Waals surface area contributed by atoms with Crippen LogP contribution in [0.4, 0.5) is 58.4 Å². The van der Waals surface area contributed by atoms with E-state index in [4.69, 9.17) is 30.8 Å². The van der Waals surface area contributed by atoms with Gasteiger partial charge in [-0.05, 0) is 59.7 Å². The fourth-order valence-corrected chi connectivity index (χ4v) is 8.60. The molecule has 320 valence electrons. The van der Waals surface area contributed by atoms with Crippen LogP contribution >= 0.6 is 21.4 Å². The second-order valence-corrected chi connectivity index (χ2v) is 18.8. The van der Waals surface area contributed by atoms with Crippen LogP contribution in [0.5, 0.6) is 0 Å². The molecule has 0 atom stereocenters. The Morgan fingerprint density at radius 1 is 0.468 bits per heavy atom. The van der Waals surface area contributed by atoms with Crippen LogP contribution in [0.2, 0.25) is 0 Å². The first-order valence-corrected chi connectivity index (χ1v) is 23.8. The minimum atomic E-state index is -4.34. The van der Waals surface area contributed by atoms with Gasteiger partial charge >= 0.3 is 0 Å². The molecule has 0 radical (unpaired) electrons. The van der Waals surface area contributed by atoms with Crippen LogP contribution in [0, 0.1) is 0 Å². The summed E-state index contributed by atoms with van der Waals surface area (Å²) in [6.45, 7) is 4.30. The quantitative estimate of drug-likeness (QED) is 0.0658. The number of para-hydroxylation sites is 2. The molecule has 62 heavy (non-hydrogen) atoms. The molecule has 4 N–H and O–H groups in total.